The molecule has 0 aliphatic carbocycles. The third kappa shape index (κ3) is 2.76. The Morgan fingerprint density at radius 1 is 1.50 bits per heavy atom. The molecule has 0 radical (unpaired) electrons. The molecule has 7 nitrogen and oxygen atoms in total. The number of ether oxygens (including phenoxy) is 1. The molecule has 2 aromatic rings. The summed E-state index contributed by atoms with van der Waals surface area (Å²) in [6, 6.07) is 1.83. The lowest BCUT2D eigenvalue weighted by atomic mass is 10.0. The number of aryl methyl sites for hydroxylation is 1. The summed E-state index contributed by atoms with van der Waals surface area (Å²) in [7, 11) is 1.62. The first-order chi connectivity index (χ1) is 10.7. The fourth-order valence-electron chi connectivity index (χ4n) is 2.92. The highest BCUT2D eigenvalue weighted by Gasteiger charge is 2.32. The molecule has 2 aromatic heterocycles. The molecule has 7 heteroatoms. The van der Waals surface area contributed by atoms with E-state index in [9.17, 15) is 4.79 Å². The zero-order valence-electron chi connectivity index (χ0n) is 12.9. The molecule has 1 saturated heterocycles. The van der Waals surface area contributed by atoms with Crippen LogP contribution in [0.3, 0.4) is 0 Å². The Morgan fingerprint density at radius 3 is 3.09 bits per heavy atom. The predicted octanol–water partition coefficient (Wildman–Crippen LogP) is 1.96. The molecule has 1 atom stereocenters. The van der Waals surface area contributed by atoms with Crippen molar-refractivity contribution < 1.29 is 9.53 Å². The zero-order chi connectivity index (χ0) is 15.5. The summed E-state index contributed by atoms with van der Waals surface area (Å²) in [6.45, 7) is 3.06. The Hall–Kier alpha value is -2.15. The first-order valence-electron chi connectivity index (χ1n) is 7.55. The number of aromatic nitrogens is 4. The Morgan fingerprint density at radius 2 is 2.36 bits per heavy atom. The van der Waals surface area contributed by atoms with Crippen molar-refractivity contribution in [1.29, 1.82) is 0 Å². The van der Waals surface area contributed by atoms with Gasteiger partial charge in [-0.1, -0.05) is 0 Å². The van der Waals surface area contributed by atoms with Gasteiger partial charge in [-0.25, -0.2) is 4.98 Å². The minimum atomic E-state index is -0.0780. The van der Waals surface area contributed by atoms with Crippen molar-refractivity contribution in [2.24, 2.45) is 0 Å². The van der Waals surface area contributed by atoms with E-state index in [1.807, 2.05) is 17.9 Å². The second-order valence-corrected chi connectivity index (χ2v) is 5.62. The van der Waals surface area contributed by atoms with Crippen LogP contribution in [0, 0.1) is 6.92 Å². The molecule has 118 valence electrons. The van der Waals surface area contributed by atoms with Crippen molar-refractivity contribution in [1.82, 2.24) is 25.1 Å². The van der Waals surface area contributed by atoms with E-state index in [2.05, 4.69) is 20.2 Å². The van der Waals surface area contributed by atoms with Crippen LogP contribution in [0.2, 0.25) is 0 Å². The lowest BCUT2D eigenvalue weighted by Gasteiger charge is -2.34. The summed E-state index contributed by atoms with van der Waals surface area (Å²) < 4.78 is 5.06. The highest BCUT2D eigenvalue weighted by atomic mass is 16.5. The van der Waals surface area contributed by atoms with Gasteiger partial charge in [0.2, 0.25) is 0 Å². The second kappa shape index (κ2) is 6.31. The molecule has 0 bridgehead atoms. The molecule has 0 aromatic carbocycles. The Labute approximate surface area is 129 Å². The number of likely N-dealkylation sites (tertiary alicyclic amines) is 1. The molecule has 2 N–H and O–H groups in total. The fourth-order valence-corrected chi connectivity index (χ4v) is 2.92. The van der Waals surface area contributed by atoms with Crippen LogP contribution in [0.1, 0.15) is 53.0 Å². The number of hydrogen-bond acceptors (Lipinski definition) is 4. The van der Waals surface area contributed by atoms with Gasteiger partial charge in [0.1, 0.15) is 12.3 Å². The number of amides is 1. The van der Waals surface area contributed by atoms with E-state index in [1.54, 1.807) is 13.3 Å². The van der Waals surface area contributed by atoms with Gasteiger partial charge in [-0.2, -0.15) is 5.10 Å². The standard InChI is InChI=1S/C15H21N5O2/c1-10-6-7-16-13(10)15(21)20-8-4-3-5-11(20)14-17-12(9-22-2)18-19-14/h6-7,11,16H,3-5,8-9H2,1-2H3,(H,17,18,19)/t11-/m1/s1. The Kier molecular flexibility index (Phi) is 4.24. The summed E-state index contributed by atoms with van der Waals surface area (Å²) in [5.74, 6) is 1.38. The van der Waals surface area contributed by atoms with E-state index >= 15 is 0 Å². The number of carbonyl (C=O) groups is 1. The smallest absolute Gasteiger partial charge is 0.271 e. The maximum Gasteiger partial charge on any atom is 0.271 e. The second-order valence-electron chi connectivity index (χ2n) is 5.62. The fraction of sp³-hybridized carbons (Fsp3) is 0.533. The molecule has 0 spiro atoms. The molecular weight excluding hydrogens is 282 g/mol. The lowest BCUT2D eigenvalue weighted by Crippen LogP contribution is -2.39. The summed E-state index contributed by atoms with van der Waals surface area (Å²) in [5.41, 5.74) is 1.61. The monoisotopic (exact) mass is 303 g/mol. The molecule has 1 aliphatic heterocycles. The molecule has 1 aliphatic rings. The van der Waals surface area contributed by atoms with Gasteiger partial charge in [0.15, 0.2) is 11.6 Å². The number of aromatic amines is 2. The van der Waals surface area contributed by atoms with Gasteiger partial charge < -0.3 is 14.6 Å². The van der Waals surface area contributed by atoms with Gasteiger partial charge in [-0.3, -0.25) is 9.89 Å². The van der Waals surface area contributed by atoms with Gasteiger partial charge >= 0.3 is 0 Å². The van der Waals surface area contributed by atoms with E-state index in [0.29, 0.717) is 23.9 Å². The first kappa shape index (κ1) is 14.8. The number of methoxy groups -OCH3 is 1. The summed E-state index contributed by atoms with van der Waals surface area (Å²) in [6.07, 6.45) is 4.77. The minimum absolute atomic E-state index is 0.0188. The average molecular weight is 303 g/mol. The van der Waals surface area contributed by atoms with Crippen LogP contribution in [0.15, 0.2) is 12.3 Å². The Balaban J connectivity index is 1.84. The molecule has 1 fully saturated rings. The molecule has 3 rings (SSSR count). The average Bonchev–Trinajstić information content (AvgIpc) is 3.16. The van der Waals surface area contributed by atoms with Crippen molar-refractivity contribution in [2.45, 2.75) is 38.8 Å². The number of nitrogens with one attached hydrogen (secondary N) is 2. The van der Waals surface area contributed by atoms with Gasteiger partial charge in [-0.05, 0) is 37.8 Å². The van der Waals surface area contributed by atoms with E-state index in [-0.39, 0.29) is 11.9 Å². The van der Waals surface area contributed by atoms with Crippen LogP contribution in [0.5, 0.6) is 0 Å². The molecule has 22 heavy (non-hydrogen) atoms. The van der Waals surface area contributed by atoms with Crippen molar-refractivity contribution in [3.63, 3.8) is 0 Å². The number of rotatable bonds is 4. The zero-order valence-corrected chi connectivity index (χ0v) is 12.9. The number of hydrogen-bond donors (Lipinski definition) is 2. The third-order valence-corrected chi connectivity index (χ3v) is 4.06. The molecule has 1 amide bonds. The normalized spacial score (nSPS) is 18.6. The maximum atomic E-state index is 12.8. The Bertz CT molecular complexity index is 648. The largest absolute Gasteiger partial charge is 0.377 e. The van der Waals surface area contributed by atoms with Gasteiger partial charge in [0.05, 0.1) is 6.04 Å². The van der Waals surface area contributed by atoms with Crippen molar-refractivity contribution in [3.05, 3.63) is 35.2 Å². The highest BCUT2D eigenvalue weighted by molar-refractivity contribution is 5.94. The molecule has 0 saturated carbocycles. The van der Waals surface area contributed by atoms with Crippen molar-refractivity contribution in [3.8, 4) is 0 Å². The summed E-state index contributed by atoms with van der Waals surface area (Å²) >= 11 is 0. The number of H-pyrrole nitrogens is 2. The van der Waals surface area contributed by atoms with Crippen LogP contribution in [0.25, 0.3) is 0 Å². The van der Waals surface area contributed by atoms with Crippen molar-refractivity contribution >= 4 is 5.91 Å². The van der Waals surface area contributed by atoms with E-state index in [1.165, 1.54) is 0 Å². The predicted molar refractivity (Wildman–Crippen MR) is 80.3 cm³/mol. The highest BCUT2D eigenvalue weighted by Crippen LogP contribution is 2.30. The van der Waals surface area contributed by atoms with Gasteiger partial charge in [-0.15, -0.1) is 0 Å². The number of carbonyl (C=O) groups excluding carboxylic acids is 1. The van der Waals surface area contributed by atoms with Crippen LogP contribution in [-0.2, 0) is 11.3 Å². The maximum absolute atomic E-state index is 12.8. The van der Waals surface area contributed by atoms with E-state index < -0.39 is 0 Å². The van der Waals surface area contributed by atoms with Crippen LogP contribution < -0.4 is 0 Å². The summed E-state index contributed by atoms with van der Waals surface area (Å²) in [4.78, 5) is 22.2. The van der Waals surface area contributed by atoms with E-state index in [4.69, 9.17) is 4.74 Å². The minimum Gasteiger partial charge on any atom is -0.377 e. The molecular formula is C15H21N5O2. The quantitative estimate of drug-likeness (QED) is 0.904. The number of piperidine rings is 1. The van der Waals surface area contributed by atoms with Gasteiger partial charge in [0.25, 0.3) is 5.91 Å². The summed E-state index contributed by atoms with van der Waals surface area (Å²) in [5, 5.41) is 7.15. The molecule has 3 heterocycles. The van der Waals surface area contributed by atoms with Crippen LogP contribution in [0.4, 0.5) is 0 Å². The van der Waals surface area contributed by atoms with Crippen LogP contribution >= 0.6 is 0 Å². The number of nitrogens with zero attached hydrogens (tertiary/aromatic N) is 3. The van der Waals surface area contributed by atoms with E-state index in [0.717, 1.165) is 31.4 Å². The van der Waals surface area contributed by atoms with Crippen LogP contribution in [-0.4, -0.2) is 44.6 Å². The SMILES string of the molecule is COCc1nc([C@H]2CCCCN2C(=O)c2[nH]ccc2C)n[nH]1. The van der Waals surface area contributed by atoms with Gasteiger partial charge in [0, 0.05) is 19.9 Å². The topological polar surface area (TPSA) is 86.9 Å². The third-order valence-electron chi connectivity index (χ3n) is 4.06. The first-order valence-corrected chi connectivity index (χ1v) is 7.55. The lowest BCUT2D eigenvalue weighted by molar-refractivity contribution is 0.0594. The molecule has 0 unspecified atom stereocenters. The van der Waals surface area contributed by atoms with Crippen molar-refractivity contribution in [2.75, 3.05) is 13.7 Å².